The Kier molecular flexibility index (Phi) is 4.02. The number of ether oxygens (including phenoxy) is 1. The third-order valence-corrected chi connectivity index (χ3v) is 3.97. The van der Waals surface area contributed by atoms with Gasteiger partial charge in [0, 0.05) is 32.1 Å². The molecule has 2 aromatic rings. The number of benzene rings is 1. The van der Waals surface area contributed by atoms with Crippen LogP contribution in [0.5, 0.6) is 0 Å². The normalized spacial score (nSPS) is 19.1. The van der Waals surface area contributed by atoms with Crippen LogP contribution in [-0.2, 0) is 11.8 Å². The van der Waals surface area contributed by atoms with Crippen LogP contribution in [-0.4, -0.2) is 46.0 Å². The van der Waals surface area contributed by atoms with E-state index in [4.69, 9.17) is 4.74 Å². The van der Waals surface area contributed by atoms with Crippen molar-refractivity contribution in [2.24, 2.45) is 7.05 Å². The van der Waals surface area contributed by atoms with Gasteiger partial charge in [-0.1, -0.05) is 18.2 Å². The molecule has 1 amide bonds. The lowest BCUT2D eigenvalue weighted by Crippen LogP contribution is -2.50. The van der Waals surface area contributed by atoms with E-state index in [-0.39, 0.29) is 12.1 Å². The van der Waals surface area contributed by atoms with Crippen LogP contribution in [0, 0.1) is 0 Å². The molecule has 124 valence electrons. The number of para-hydroxylation sites is 1. The average molecular weight is 316 g/mol. The second-order valence-corrected chi connectivity index (χ2v) is 6.92. The van der Waals surface area contributed by atoms with Crippen LogP contribution in [0.2, 0.25) is 0 Å². The number of rotatable bonds is 1. The fourth-order valence-electron chi connectivity index (χ4n) is 2.98. The van der Waals surface area contributed by atoms with Crippen molar-refractivity contribution in [1.29, 1.82) is 0 Å². The van der Waals surface area contributed by atoms with Gasteiger partial charge in [0.1, 0.15) is 5.60 Å². The standard InChI is InChI=1S/C17H24N4O2/c1-17(2,3)23-16(22)21-10-9-18-11-14(21)15-12-7-5-6-8-13(12)20(4)19-15/h5-8,14,18H,9-11H2,1-4H3. The number of aryl methyl sites for hydroxylation is 1. The highest BCUT2D eigenvalue weighted by molar-refractivity contribution is 5.83. The number of amides is 1. The molecule has 0 spiro atoms. The monoisotopic (exact) mass is 316 g/mol. The maximum atomic E-state index is 12.6. The lowest BCUT2D eigenvalue weighted by Gasteiger charge is -2.36. The first-order valence-electron chi connectivity index (χ1n) is 7.99. The second kappa shape index (κ2) is 5.85. The van der Waals surface area contributed by atoms with E-state index in [0.29, 0.717) is 13.1 Å². The highest BCUT2D eigenvalue weighted by Crippen LogP contribution is 2.29. The zero-order valence-electron chi connectivity index (χ0n) is 14.2. The molecule has 1 aliphatic heterocycles. The number of fused-ring (bicyclic) bond motifs is 1. The van der Waals surface area contributed by atoms with E-state index in [1.54, 1.807) is 4.90 Å². The van der Waals surface area contributed by atoms with Gasteiger partial charge >= 0.3 is 6.09 Å². The van der Waals surface area contributed by atoms with Crippen molar-refractivity contribution in [3.63, 3.8) is 0 Å². The summed E-state index contributed by atoms with van der Waals surface area (Å²) >= 11 is 0. The molecule has 1 unspecified atom stereocenters. The van der Waals surface area contributed by atoms with Crippen molar-refractivity contribution in [2.45, 2.75) is 32.4 Å². The Bertz CT molecular complexity index is 717. The van der Waals surface area contributed by atoms with Crippen LogP contribution in [0.15, 0.2) is 24.3 Å². The van der Waals surface area contributed by atoms with E-state index in [0.717, 1.165) is 23.1 Å². The molecule has 0 saturated carbocycles. The van der Waals surface area contributed by atoms with Crippen molar-refractivity contribution in [2.75, 3.05) is 19.6 Å². The molecule has 1 saturated heterocycles. The maximum absolute atomic E-state index is 12.6. The van der Waals surface area contributed by atoms with Gasteiger partial charge in [-0.05, 0) is 26.8 Å². The topological polar surface area (TPSA) is 59.4 Å². The van der Waals surface area contributed by atoms with Crippen LogP contribution in [0.3, 0.4) is 0 Å². The molecule has 1 aromatic heterocycles. The fraction of sp³-hybridized carbons (Fsp3) is 0.529. The first-order chi connectivity index (χ1) is 10.9. The van der Waals surface area contributed by atoms with Gasteiger partial charge in [-0.15, -0.1) is 0 Å². The molecule has 0 aliphatic carbocycles. The summed E-state index contributed by atoms with van der Waals surface area (Å²) in [5, 5.41) is 9.11. The van der Waals surface area contributed by atoms with Gasteiger partial charge in [0.05, 0.1) is 17.3 Å². The molecular weight excluding hydrogens is 292 g/mol. The maximum Gasteiger partial charge on any atom is 0.410 e. The van der Waals surface area contributed by atoms with E-state index >= 15 is 0 Å². The molecule has 6 nitrogen and oxygen atoms in total. The van der Waals surface area contributed by atoms with Crippen molar-refractivity contribution in [3.8, 4) is 0 Å². The molecule has 1 aliphatic rings. The molecule has 1 atom stereocenters. The minimum Gasteiger partial charge on any atom is -0.444 e. The minimum absolute atomic E-state index is 0.121. The summed E-state index contributed by atoms with van der Waals surface area (Å²) in [5.41, 5.74) is 1.48. The fourth-order valence-corrected chi connectivity index (χ4v) is 2.98. The van der Waals surface area contributed by atoms with Gasteiger partial charge < -0.3 is 10.1 Å². The zero-order valence-corrected chi connectivity index (χ0v) is 14.2. The van der Waals surface area contributed by atoms with Crippen molar-refractivity contribution in [1.82, 2.24) is 20.0 Å². The smallest absolute Gasteiger partial charge is 0.410 e. The predicted molar refractivity (Wildman–Crippen MR) is 89.3 cm³/mol. The van der Waals surface area contributed by atoms with Crippen LogP contribution < -0.4 is 5.32 Å². The summed E-state index contributed by atoms with van der Waals surface area (Å²) < 4.78 is 7.44. The lowest BCUT2D eigenvalue weighted by atomic mass is 10.1. The van der Waals surface area contributed by atoms with Gasteiger partial charge in [-0.25, -0.2) is 4.79 Å². The van der Waals surface area contributed by atoms with E-state index in [9.17, 15) is 4.79 Å². The summed E-state index contributed by atoms with van der Waals surface area (Å²) in [7, 11) is 1.93. The second-order valence-electron chi connectivity index (χ2n) is 6.92. The van der Waals surface area contributed by atoms with Crippen molar-refractivity contribution < 1.29 is 9.53 Å². The number of nitrogens with one attached hydrogen (secondary N) is 1. The van der Waals surface area contributed by atoms with Crippen LogP contribution in [0.1, 0.15) is 32.5 Å². The zero-order chi connectivity index (χ0) is 16.6. The Balaban J connectivity index is 1.96. The molecule has 23 heavy (non-hydrogen) atoms. The minimum atomic E-state index is -0.501. The number of carbonyl (C=O) groups excluding carboxylic acids is 1. The van der Waals surface area contributed by atoms with Gasteiger partial charge in [-0.3, -0.25) is 9.58 Å². The molecule has 1 fully saturated rings. The Morgan fingerprint density at radius 2 is 2.09 bits per heavy atom. The SMILES string of the molecule is Cn1nc(C2CNCCN2C(=O)OC(C)(C)C)c2ccccc21. The van der Waals surface area contributed by atoms with E-state index in [1.807, 2.05) is 50.7 Å². The lowest BCUT2D eigenvalue weighted by molar-refractivity contribution is 0.0114. The molecule has 0 radical (unpaired) electrons. The molecule has 1 N–H and O–H groups in total. The summed E-state index contributed by atoms with van der Waals surface area (Å²) in [6.45, 7) is 7.72. The highest BCUT2D eigenvalue weighted by atomic mass is 16.6. The van der Waals surface area contributed by atoms with E-state index < -0.39 is 5.60 Å². The Morgan fingerprint density at radius 1 is 1.35 bits per heavy atom. The molecule has 0 bridgehead atoms. The number of aromatic nitrogens is 2. The van der Waals surface area contributed by atoms with Crippen LogP contribution in [0.25, 0.3) is 10.9 Å². The predicted octanol–water partition coefficient (Wildman–Crippen LogP) is 2.45. The largest absolute Gasteiger partial charge is 0.444 e. The number of nitrogens with zero attached hydrogens (tertiary/aromatic N) is 3. The molecule has 3 rings (SSSR count). The average Bonchev–Trinajstić information content (AvgIpc) is 2.83. The van der Waals surface area contributed by atoms with Gasteiger partial charge in [0.2, 0.25) is 0 Å². The van der Waals surface area contributed by atoms with Crippen LogP contribution in [0.4, 0.5) is 4.79 Å². The van der Waals surface area contributed by atoms with Gasteiger partial charge in [0.15, 0.2) is 0 Å². The number of hydrogen-bond acceptors (Lipinski definition) is 4. The third-order valence-electron chi connectivity index (χ3n) is 3.97. The summed E-state index contributed by atoms with van der Waals surface area (Å²) in [6.07, 6.45) is -0.279. The summed E-state index contributed by atoms with van der Waals surface area (Å²) in [6, 6.07) is 7.98. The molecular formula is C17H24N4O2. The van der Waals surface area contributed by atoms with E-state index in [1.165, 1.54) is 0 Å². The molecule has 6 heteroatoms. The quantitative estimate of drug-likeness (QED) is 0.878. The number of piperazine rings is 1. The van der Waals surface area contributed by atoms with Crippen LogP contribution >= 0.6 is 0 Å². The van der Waals surface area contributed by atoms with Gasteiger partial charge in [-0.2, -0.15) is 5.10 Å². The molecule has 2 heterocycles. The summed E-state index contributed by atoms with van der Waals surface area (Å²) in [4.78, 5) is 14.4. The first-order valence-corrected chi connectivity index (χ1v) is 7.99. The van der Waals surface area contributed by atoms with Crippen molar-refractivity contribution in [3.05, 3.63) is 30.0 Å². The Labute approximate surface area is 136 Å². The number of carbonyl (C=O) groups is 1. The Morgan fingerprint density at radius 3 is 2.83 bits per heavy atom. The van der Waals surface area contributed by atoms with Gasteiger partial charge in [0.25, 0.3) is 0 Å². The summed E-state index contributed by atoms with van der Waals surface area (Å²) in [5.74, 6) is 0. The highest BCUT2D eigenvalue weighted by Gasteiger charge is 2.33. The molecule has 1 aromatic carbocycles. The third kappa shape index (κ3) is 3.17. The number of hydrogen-bond donors (Lipinski definition) is 1. The Hall–Kier alpha value is -2.08. The first kappa shape index (κ1) is 15.8. The van der Waals surface area contributed by atoms with Crippen molar-refractivity contribution >= 4 is 17.0 Å². The van der Waals surface area contributed by atoms with E-state index in [2.05, 4.69) is 16.5 Å².